The van der Waals surface area contributed by atoms with E-state index in [0.717, 1.165) is 22.5 Å². The summed E-state index contributed by atoms with van der Waals surface area (Å²) in [5.41, 5.74) is 3.55. The molecule has 0 saturated heterocycles. The summed E-state index contributed by atoms with van der Waals surface area (Å²) >= 11 is 0. The van der Waals surface area contributed by atoms with E-state index in [1.165, 1.54) is 6.92 Å². The van der Waals surface area contributed by atoms with Crippen LogP contribution in [0.2, 0.25) is 0 Å². The molecule has 0 aliphatic rings. The van der Waals surface area contributed by atoms with Crippen molar-refractivity contribution in [1.82, 2.24) is 19.9 Å². The van der Waals surface area contributed by atoms with Crippen molar-refractivity contribution in [2.24, 2.45) is 0 Å². The second kappa shape index (κ2) is 9.78. The molecule has 7 heteroatoms. The minimum absolute atomic E-state index is 0.169. The van der Waals surface area contributed by atoms with Crippen molar-refractivity contribution in [2.45, 2.75) is 18.8 Å². The standard InChI is InChI=1S/C25H23N5O2/c1-17(31)28-22-11-3-9-20(29-22)25(21-10-4-12-23(30-21)32-2)24(18-7-5-13-26-15-18)19-8-6-14-27-16-19/h3-16,24-25H,1-2H3,(H,28,29,31). The highest BCUT2D eigenvalue weighted by Crippen LogP contribution is 2.41. The van der Waals surface area contributed by atoms with Crippen LogP contribution in [-0.4, -0.2) is 33.0 Å². The van der Waals surface area contributed by atoms with E-state index in [0.29, 0.717) is 11.7 Å². The molecule has 1 unspecified atom stereocenters. The Morgan fingerprint density at radius 2 is 1.44 bits per heavy atom. The highest BCUT2D eigenvalue weighted by atomic mass is 16.5. The molecule has 4 rings (SSSR count). The molecule has 0 aromatic carbocycles. The fourth-order valence-electron chi connectivity index (χ4n) is 3.78. The number of nitrogens with one attached hydrogen (secondary N) is 1. The van der Waals surface area contributed by atoms with Crippen molar-refractivity contribution in [1.29, 1.82) is 0 Å². The summed E-state index contributed by atoms with van der Waals surface area (Å²) in [4.78, 5) is 29.8. The van der Waals surface area contributed by atoms with E-state index in [1.807, 2.05) is 67.0 Å². The van der Waals surface area contributed by atoms with Gasteiger partial charge in [0.2, 0.25) is 11.8 Å². The average molecular weight is 425 g/mol. The molecule has 0 radical (unpaired) electrons. The van der Waals surface area contributed by atoms with Crippen LogP contribution in [0.1, 0.15) is 41.3 Å². The van der Waals surface area contributed by atoms with Gasteiger partial charge in [0, 0.05) is 43.7 Å². The third kappa shape index (κ3) is 4.78. The Hall–Kier alpha value is -4.13. The molecule has 4 aromatic heterocycles. The Bertz CT molecular complexity index is 1150. The predicted octanol–water partition coefficient (Wildman–Crippen LogP) is 4.20. The summed E-state index contributed by atoms with van der Waals surface area (Å²) < 4.78 is 5.40. The van der Waals surface area contributed by atoms with Crippen LogP contribution in [0.3, 0.4) is 0 Å². The number of hydrogen-bond donors (Lipinski definition) is 1. The highest BCUT2D eigenvalue weighted by molar-refractivity contribution is 5.87. The quantitative estimate of drug-likeness (QED) is 0.477. The van der Waals surface area contributed by atoms with E-state index in [1.54, 1.807) is 25.6 Å². The van der Waals surface area contributed by atoms with Crippen LogP contribution in [0.25, 0.3) is 0 Å². The van der Waals surface area contributed by atoms with Crippen LogP contribution >= 0.6 is 0 Å². The summed E-state index contributed by atoms with van der Waals surface area (Å²) in [5.74, 6) is 0.367. The normalized spacial score (nSPS) is 11.7. The maximum Gasteiger partial charge on any atom is 0.222 e. The van der Waals surface area contributed by atoms with Crippen LogP contribution in [0, 0.1) is 0 Å². The molecule has 4 heterocycles. The number of carbonyl (C=O) groups excluding carboxylic acids is 1. The monoisotopic (exact) mass is 425 g/mol. The molecule has 4 aromatic rings. The highest BCUT2D eigenvalue weighted by Gasteiger charge is 2.31. The zero-order valence-corrected chi connectivity index (χ0v) is 17.8. The summed E-state index contributed by atoms with van der Waals surface area (Å²) in [6, 6.07) is 19.2. The lowest BCUT2D eigenvalue weighted by molar-refractivity contribution is -0.114. The number of rotatable bonds is 7. The summed E-state index contributed by atoms with van der Waals surface area (Å²) in [6.07, 6.45) is 7.20. The van der Waals surface area contributed by atoms with Gasteiger partial charge in [0.1, 0.15) is 5.82 Å². The Labute approximate surface area is 186 Å². The molecule has 0 saturated carbocycles. The van der Waals surface area contributed by atoms with Crippen LogP contribution < -0.4 is 10.1 Å². The molecular weight excluding hydrogens is 402 g/mol. The van der Waals surface area contributed by atoms with E-state index in [4.69, 9.17) is 14.7 Å². The Morgan fingerprint density at radius 3 is 2.00 bits per heavy atom. The van der Waals surface area contributed by atoms with Gasteiger partial charge < -0.3 is 10.1 Å². The second-order valence-electron chi connectivity index (χ2n) is 7.26. The van der Waals surface area contributed by atoms with E-state index >= 15 is 0 Å². The maximum absolute atomic E-state index is 11.6. The number of hydrogen-bond acceptors (Lipinski definition) is 6. The molecule has 1 N–H and O–H groups in total. The lowest BCUT2D eigenvalue weighted by atomic mass is 9.78. The molecule has 0 bridgehead atoms. The van der Waals surface area contributed by atoms with Gasteiger partial charge in [-0.2, -0.15) is 0 Å². The number of aromatic nitrogens is 4. The first-order valence-electron chi connectivity index (χ1n) is 10.2. The van der Waals surface area contributed by atoms with Crippen LogP contribution in [0.15, 0.2) is 85.5 Å². The third-order valence-electron chi connectivity index (χ3n) is 5.09. The largest absolute Gasteiger partial charge is 0.481 e. The van der Waals surface area contributed by atoms with E-state index in [-0.39, 0.29) is 17.7 Å². The first-order valence-corrected chi connectivity index (χ1v) is 10.2. The number of methoxy groups -OCH3 is 1. The van der Waals surface area contributed by atoms with Crippen molar-refractivity contribution in [3.05, 3.63) is 108 Å². The van der Waals surface area contributed by atoms with Gasteiger partial charge >= 0.3 is 0 Å². The smallest absolute Gasteiger partial charge is 0.222 e. The van der Waals surface area contributed by atoms with E-state index < -0.39 is 0 Å². The van der Waals surface area contributed by atoms with Crippen molar-refractivity contribution >= 4 is 11.7 Å². The minimum atomic E-state index is -0.285. The molecule has 7 nitrogen and oxygen atoms in total. The van der Waals surface area contributed by atoms with Gasteiger partial charge in [0.15, 0.2) is 0 Å². The molecule has 0 spiro atoms. The SMILES string of the molecule is COc1cccc(C(c2cccc(NC(C)=O)n2)C(c2cccnc2)c2cccnc2)n1. The number of pyridine rings is 4. The first-order chi connectivity index (χ1) is 15.7. The number of anilines is 1. The van der Waals surface area contributed by atoms with Gasteiger partial charge in [-0.05, 0) is 41.5 Å². The van der Waals surface area contributed by atoms with Gasteiger partial charge in [-0.1, -0.05) is 24.3 Å². The summed E-state index contributed by atoms with van der Waals surface area (Å²) in [6.45, 7) is 1.46. The van der Waals surface area contributed by atoms with Gasteiger partial charge in [0.25, 0.3) is 0 Å². The number of amides is 1. The fourth-order valence-corrected chi connectivity index (χ4v) is 3.78. The van der Waals surface area contributed by atoms with Gasteiger partial charge in [-0.25, -0.2) is 9.97 Å². The summed E-state index contributed by atoms with van der Waals surface area (Å²) in [5, 5.41) is 2.77. The molecule has 1 amide bonds. The lowest BCUT2D eigenvalue weighted by Gasteiger charge is -2.27. The summed E-state index contributed by atoms with van der Waals surface area (Å²) in [7, 11) is 1.59. The first kappa shape index (κ1) is 21.1. The van der Waals surface area contributed by atoms with Gasteiger partial charge in [-0.3, -0.25) is 14.8 Å². The van der Waals surface area contributed by atoms with Gasteiger partial charge in [0.05, 0.1) is 24.4 Å². The zero-order valence-electron chi connectivity index (χ0n) is 17.8. The molecule has 0 aliphatic carbocycles. The molecule has 160 valence electrons. The lowest BCUT2D eigenvalue weighted by Crippen LogP contribution is -2.18. The van der Waals surface area contributed by atoms with Crippen LogP contribution in [0.4, 0.5) is 5.82 Å². The molecule has 0 fully saturated rings. The molecular formula is C25H23N5O2. The predicted molar refractivity (Wildman–Crippen MR) is 121 cm³/mol. The van der Waals surface area contributed by atoms with Gasteiger partial charge in [-0.15, -0.1) is 0 Å². The fraction of sp³-hybridized carbons (Fsp3) is 0.160. The Morgan fingerprint density at radius 1 is 0.812 bits per heavy atom. The van der Waals surface area contributed by atoms with Crippen LogP contribution in [0.5, 0.6) is 5.88 Å². The maximum atomic E-state index is 11.6. The van der Waals surface area contributed by atoms with Crippen molar-refractivity contribution in [3.63, 3.8) is 0 Å². The Kier molecular flexibility index (Phi) is 6.46. The average Bonchev–Trinajstić information content (AvgIpc) is 2.83. The zero-order chi connectivity index (χ0) is 22.3. The van der Waals surface area contributed by atoms with E-state index in [9.17, 15) is 4.79 Å². The van der Waals surface area contributed by atoms with Crippen molar-refractivity contribution in [2.75, 3.05) is 12.4 Å². The number of nitrogens with zero attached hydrogens (tertiary/aromatic N) is 4. The topological polar surface area (TPSA) is 89.9 Å². The van der Waals surface area contributed by atoms with Crippen molar-refractivity contribution in [3.8, 4) is 5.88 Å². The molecule has 32 heavy (non-hydrogen) atoms. The van der Waals surface area contributed by atoms with Crippen molar-refractivity contribution < 1.29 is 9.53 Å². The number of ether oxygens (including phenoxy) is 1. The third-order valence-corrected chi connectivity index (χ3v) is 5.09. The minimum Gasteiger partial charge on any atom is -0.481 e. The molecule has 0 aliphatic heterocycles. The number of carbonyl (C=O) groups is 1. The second-order valence-corrected chi connectivity index (χ2v) is 7.26. The van der Waals surface area contributed by atoms with E-state index in [2.05, 4.69) is 15.3 Å². The van der Waals surface area contributed by atoms with Crippen LogP contribution in [-0.2, 0) is 4.79 Å². The Balaban J connectivity index is 1.93. The molecule has 1 atom stereocenters.